The maximum Gasteiger partial charge on any atom is 0.181 e. The fourth-order valence-corrected chi connectivity index (χ4v) is 2.70. The molecule has 0 aliphatic carbocycles. The van der Waals surface area contributed by atoms with Crippen molar-refractivity contribution in [2.75, 3.05) is 19.5 Å². The Labute approximate surface area is 128 Å². The molecule has 0 aromatic carbocycles. The van der Waals surface area contributed by atoms with Gasteiger partial charge in [0.1, 0.15) is 11.5 Å². The van der Waals surface area contributed by atoms with Crippen LogP contribution in [0.3, 0.4) is 0 Å². The lowest BCUT2D eigenvalue weighted by Crippen LogP contribution is -2.03. The number of rotatable bonds is 4. The summed E-state index contributed by atoms with van der Waals surface area (Å²) < 4.78 is 6.84. The molecule has 2 aromatic heterocycles. The molecule has 0 spiro atoms. The summed E-state index contributed by atoms with van der Waals surface area (Å²) >= 11 is 6.84. The molecular weight excluding hydrogens is 376 g/mol. The molecule has 5 nitrogen and oxygen atoms in total. The van der Waals surface area contributed by atoms with Crippen molar-refractivity contribution in [3.8, 4) is 11.5 Å². The zero-order valence-electron chi connectivity index (χ0n) is 10.4. The van der Waals surface area contributed by atoms with E-state index in [4.69, 9.17) is 4.74 Å². The first kappa shape index (κ1) is 14.4. The number of methoxy groups -OCH3 is 1. The molecular formula is C12H12Br2N4O. The summed E-state index contributed by atoms with van der Waals surface area (Å²) in [5.74, 6) is 1.28. The van der Waals surface area contributed by atoms with Gasteiger partial charge in [-0.3, -0.25) is 4.98 Å². The van der Waals surface area contributed by atoms with E-state index in [0.29, 0.717) is 18.1 Å². The number of halogens is 2. The maximum absolute atomic E-state index is 5.11. The zero-order chi connectivity index (χ0) is 13.8. The predicted octanol–water partition coefficient (Wildman–Crippen LogP) is 3.25. The number of hydrogen-bond donors (Lipinski definition) is 1. The molecule has 0 radical (unpaired) electrons. The predicted molar refractivity (Wildman–Crippen MR) is 80.9 cm³/mol. The molecule has 0 saturated heterocycles. The molecule has 2 heterocycles. The van der Waals surface area contributed by atoms with Gasteiger partial charge in [-0.1, -0.05) is 0 Å². The second kappa shape index (κ2) is 6.40. The monoisotopic (exact) mass is 386 g/mol. The van der Waals surface area contributed by atoms with Crippen molar-refractivity contribution in [1.29, 1.82) is 0 Å². The molecule has 0 unspecified atom stereocenters. The lowest BCUT2D eigenvalue weighted by molar-refractivity contribution is 0.181. The van der Waals surface area contributed by atoms with E-state index in [0.717, 1.165) is 20.5 Å². The average molecular weight is 388 g/mol. The van der Waals surface area contributed by atoms with Gasteiger partial charge in [-0.25, -0.2) is 9.97 Å². The number of nitrogens with zero attached hydrogens (tertiary/aromatic N) is 3. The molecule has 0 aliphatic heterocycles. The van der Waals surface area contributed by atoms with Gasteiger partial charge < -0.3 is 10.1 Å². The smallest absolute Gasteiger partial charge is 0.181 e. The van der Waals surface area contributed by atoms with Gasteiger partial charge in [-0.2, -0.15) is 0 Å². The van der Waals surface area contributed by atoms with Crippen LogP contribution in [0.25, 0.3) is 11.5 Å². The van der Waals surface area contributed by atoms with Crippen LogP contribution in [0.5, 0.6) is 0 Å². The largest absolute Gasteiger partial charge is 0.378 e. The Morgan fingerprint density at radius 2 is 2.05 bits per heavy atom. The van der Waals surface area contributed by atoms with E-state index in [2.05, 4.69) is 52.1 Å². The summed E-state index contributed by atoms with van der Waals surface area (Å²) in [4.78, 5) is 13.2. The van der Waals surface area contributed by atoms with Gasteiger partial charge in [0.05, 0.1) is 12.3 Å². The summed E-state index contributed by atoms with van der Waals surface area (Å²) in [6, 6.07) is 3.76. The second-order valence-electron chi connectivity index (χ2n) is 3.74. The first-order chi connectivity index (χ1) is 9.13. The van der Waals surface area contributed by atoms with Crippen LogP contribution < -0.4 is 5.32 Å². The van der Waals surface area contributed by atoms with Crippen molar-refractivity contribution >= 4 is 37.7 Å². The summed E-state index contributed by atoms with van der Waals surface area (Å²) in [6.45, 7) is 0.429. The Morgan fingerprint density at radius 1 is 1.26 bits per heavy atom. The Kier molecular flexibility index (Phi) is 4.84. The third-order valence-electron chi connectivity index (χ3n) is 2.35. The molecule has 19 heavy (non-hydrogen) atoms. The minimum atomic E-state index is 0.429. The molecule has 100 valence electrons. The van der Waals surface area contributed by atoms with Crippen LogP contribution in [0, 0.1) is 0 Å². The standard InChI is InChI=1S/C12H12Br2N4O/c1-15-10-4-8(6-19-2)17-12(18-10)11-9(14)3-7(13)5-16-11/h3-5H,6H2,1-2H3,(H,15,17,18). The van der Waals surface area contributed by atoms with E-state index >= 15 is 0 Å². The average Bonchev–Trinajstić information content (AvgIpc) is 2.38. The van der Waals surface area contributed by atoms with Crippen molar-refractivity contribution in [2.45, 2.75) is 6.61 Å². The molecule has 0 saturated carbocycles. The van der Waals surface area contributed by atoms with E-state index in [-0.39, 0.29) is 0 Å². The number of anilines is 1. The zero-order valence-corrected chi connectivity index (χ0v) is 13.6. The molecule has 2 rings (SSSR count). The Hall–Kier alpha value is -1.05. The van der Waals surface area contributed by atoms with Crippen LogP contribution in [0.2, 0.25) is 0 Å². The van der Waals surface area contributed by atoms with Crippen LogP contribution >= 0.6 is 31.9 Å². The normalized spacial score (nSPS) is 10.5. The Bertz CT molecular complexity index is 592. The Balaban J connectivity index is 2.51. The molecule has 0 bridgehead atoms. The number of ether oxygens (including phenoxy) is 1. The van der Waals surface area contributed by atoms with E-state index in [1.807, 2.05) is 19.2 Å². The van der Waals surface area contributed by atoms with E-state index in [1.54, 1.807) is 13.3 Å². The van der Waals surface area contributed by atoms with Crippen LogP contribution in [-0.2, 0) is 11.3 Å². The van der Waals surface area contributed by atoms with Gasteiger partial charge in [-0.05, 0) is 37.9 Å². The number of hydrogen-bond acceptors (Lipinski definition) is 5. The fraction of sp³-hybridized carbons (Fsp3) is 0.250. The van der Waals surface area contributed by atoms with E-state index < -0.39 is 0 Å². The van der Waals surface area contributed by atoms with Crippen molar-refractivity contribution in [3.63, 3.8) is 0 Å². The molecule has 2 aromatic rings. The Morgan fingerprint density at radius 3 is 2.68 bits per heavy atom. The first-order valence-electron chi connectivity index (χ1n) is 5.50. The fourth-order valence-electron chi connectivity index (χ4n) is 1.53. The topological polar surface area (TPSA) is 59.9 Å². The molecule has 7 heteroatoms. The number of aromatic nitrogens is 3. The third-order valence-corrected chi connectivity index (χ3v) is 3.39. The summed E-state index contributed by atoms with van der Waals surface area (Å²) in [7, 11) is 3.45. The number of pyridine rings is 1. The minimum absolute atomic E-state index is 0.429. The third kappa shape index (κ3) is 3.49. The van der Waals surface area contributed by atoms with Crippen molar-refractivity contribution in [3.05, 3.63) is 33.0 Å². The highest BCUT2D eigenvalue weighted by atomic mass is 79.9. The van der Waals surface area contributed by atoms with Gasteiger partial charge in [0.15, 0.2) is 5.82 Å². The molecule has 0 amide bonds. The van der Waals surface area contributed by atoms with Crippen LogP contribution in [0.1, 0.15) is 5.69 Å². The van der Waals surface area contributed by atoms with Gasteiger partial charge in [0.25, 0.3) is 0 Å². The van der Waals surface area contributed by atoms with Gasteiger partial charge in [0.2, 0.25) is 0 Å². The van der Waals surface area contributed by atoms with Crippen molar-refractivity contribution in [1.82, 2.24) is 15.0 Å². The molecule has 1 N–H and O–H groups in total. The van der Waals surface area contributed by atoms with Crippen molar-refractivity contribution < 1.29 is 4.74 Å². The highest BCUT2D eigenvalue weighted by Crippen LogP contribution is 2.27. The highest BCUT2D eigenvalue weighted by Gasteiger charge is 2.11. The molecule has 0 atom stereocenters. The van der Waals surface area contributed by atoms with E-state index in [1.165, 1.54) is 0 Å². The minimum Gasteiger partial charge on any atom is -0.378 e. The number of nitrogens with one attached hydrogen (secondary N) is 1. The molecule has 0 aliphatic rings. The SMILES string of the molecule is CNc1cc(COC)nc(-c2ncc(Br)cc2Br)n1. The quantitative estimate of drug-likeness (QED) is 0.872. The van der Waals surface area contributed by atoms with Crippen LogP contribution in [0.15, 0.2) is 27.3 Å². The summed E-state index contributed by atoms with van der Waals surface area (Å²) in [5.41, 5.74) is 1.49. The summed E-state index contributed by atoms with van der Waals surface area (Å²) in [6.07, 6.45) is 1.71. The molecule has 0 fully saturated rings. The van der Waals surface area contributed by atoms with Gasteiger partial charge >= 0.3 is 0 Å². The lowest BCUT2D eigenvalue weighted by atomic mass is 10.3. The second-order valence-corrected chi connectivity index (χ2v) is 5.51. The summed E-state index contributed by atoms with van der Waals surface area (Å²) in [5, 5.41) is 3.01. The highest BCUT2D eigenvalue weighted by molar-refractivity contribution is 9.11. The van der Waals surface area contributed by atoms with Crippen LogP contribution in [-0.4, -0.2) is 29.1 Å². The van der Waals surface area contributed by atoms with Gasteiger partial charge in [0, 0.05) is 35.4 Å². The first-order valence-corrected chi connectivity index (χ1v) is 7.08. The van der Waals surface area contributed by atoms with Gasteiger partial charge in [-0.15, -0.1) is 0 Å². The van der Waals surface area contributed by atoms with Crippen molar-refractivity contribution in [2.24, 2.45) is 0 Å². The lowest BCUT2D eigenvalue weighted by Gasteiger charge is -2.08. The maximum atomic E-state index is 5.11. The van der Waals surface area contributed by atoms with Crippen LogP contribution in [0.4, 0.5) is 5.82 Å². The van der Waals surface area contributed by atoms with E-state index in [9.17, 15) is 0 Å².